The van der Waals surface area contributed by atoms with Crippen LogP contribution >= 0.6 is 0 Å². The summed E-state index contributed by atoms with van der Waals surface area (Å²) in [6.45, 7) is 0.291. The SMILES string of the molecule is O=C(NCCc1cn2ccccc2n1)c1cccc(C(F)(F)F)c1. The number of amides is 1. The summed E-state index contributed by atoms with van der Waals surface area (Å²) in [6.07, 6.45) is -0.252. The molecule has 0 spiro atoms. The monoisotopic (exact) mass is 333 g/mol. The molecule has 7 heteroatoms. The molecule has 1 N–H and O–H groups in total. The molecule has 24 heavy (non-hydrogen) atoms. The van der Waals surface area contributed by atoms with E-state index >= 15 is 0 Å². The first-order valence-corrected chi connectivity index (χ1v) is 7.31. The number of alkyl halides is 3. The Balaban J connectivity index is 1.61. The molecule has 1 aromatic carbocycles. The molecule has 0 bridgehead atoms. The van der Waals surface area contributed by atoms with Crippen LogP contribution < -0.4 is 5.32 Å². The van der Waals surface area contributed by atoms with Crippen LogP contribution in [0.25, 0.3) is 5.65 Å². The van der Waals surface area contributed by atoms with E-state index in [0.717, 1.165) is 23.5 Å². The van der Waals surface area contributed by atoms with E-state index in [1.807, 2.05) is 35.0 Å². The second kappa shape index (κ2) is 6.35. The van der Waals surface area contributed by atoms with Gasteiger partial charge < -0.3 is 9.72 Å². The Kier molecular flexibility index (Phi) is 4.24. The second-order valence-corrected chi connectivity index (χ2v) is 5.28. The molecule has 2 heterocycles. The fourth-order valence-corrected chi connectivity index (χ4v) is 2.35. The Morgan fingerprint density at radius 3 is 2.75 bits per heavy atom. The predicted molar refractivity (Wildman–Crippen MR) is 82.7 cm³/mol. The molecule has 0 radical (unpaired) electrons. The molecule has 0 unspecified atom stereocenters. The van der Waals surface area contributed by atoms with E-state index in [4.69, 9.17) is 0 Å². The van der Waals surface area contributed by atoms with E-state index in [0.29, 0.717) is 13.0 Å². The Hall–Kier alpha value is -2.83. The van der Waals surface area contributed by atoms with Crippen molar-refractivity contribution >= 4 is 11.6 Å². The third-order valence-corrected chi connectivity index (χ3v) is 3.53. The lowest BCUT2D eigenvalue weighted by atomic mass is 10.1. The van der Waals surface area contributed by atoms with Crippen LogP contribution in [-0.2, 0) is 12.6 Å². The number of pyridine rings is 1. The summed E-state index contributed by atoms with van der Waals surface area (Å²) >= 11 is 0. The van der Waals surface area contributed by atoms with Crippen molar-refractivity contribution in [1.82, 2.24) is 14.7 Å². The van der Waals surface area contributed by atoms with E-state index < -0.39 is 17.6 Å². The third kappa shape index (κ3) is 3.56. The average Bonchev–Trinajstić information content (AvgIpc) is 2.97. The summed E-state index contributed by atoms with van der Waals surface area (Å²) in [7, 11) is 0. The molecular weight excluding hydrogens is 319 g/mol. The molecule has 1 amide bonds. The van der Waals surface area contributed by atoms with Gasteiger partial charge >= 0.3 is 6.18 Å². The molecule has 4 nitrogen and oxygen atoms in total. The molecular formula is C17H14F3N3O. The molecule has 0 aliphatic carbocycles. The summed E-state index contributed by atoms with van der Waals surface area (Å²) in [6, 6.07) is 9.99. The van der Waals surface area contributed by atoms with Gasteiger partial charge in [0.05, 0.1) is 11.3 Å². The molecule has 2 aromatic heterocycles. The van der Waals surface area contributed by atoms with Gasteiger partial charge in [-0.2, -0.15) is 13.2 Å². The molecule has 3 aromatic rings. The van der Waals surface area contributed by atoms with Crippen molar-refractivity contribution < 1.29 is 18.0 Å². The quantitative estimate of drug-likeness (QED) is 0.796. The topological polar surface area (TPSA) is 46.4 Å². The Morgan fingerprint density at radius 2 is 2.00 bits per heavy atom. The smallest absolute Gasteiger partial charge is 0.352 e. The zero-order valence-electron chi connectivity index (χ0n) is 12.5. The highest BCUT2D eigenvalue weighted by molar-refractivity contribution is 5.94. The summed E-state index contributed by atoms with van der Waals surface area (Å²) in [5.41, 5.74) is 0.748. The minimum absolute atomic E-state index is 0.0140. The van der Waals surface area contributed by atoms with Crippen LogP contribution in [0, 0.1) is 0 Å². The minimum atomic E-state index is -4.47. The maximum Gasteiger partial charge on any atom is 0.416 e. The van der Waals surface area contributed by atoms with Gasteiger partial charge in [-0.1, -0.05) is 12.1 Å². The van der Waals surface area contributed by atoms with Crippen molar-refractivity contribution in [2.75, 3.05) is 6.54 Å². The van der Waals surface area contributed by atoms with Crippen LogP contribution in [0.4, 0.5) is 13.2 Å². The van der Waals surface area contributed by atoms with Gasteiger partial charge in [-0.3, -0.25) is 4.79 Å². The maximum absolute atomic E-state index is 12.7. The first-order chi connectivity index (χ1) is 11.4. The average molecular weight is 333 g/mol. The summed E-state index contributed by atoms with van der Waals surface area (Å²) < 4.78 is 39.9. The molecule has 0 aliphatic rings. The number of halogens is 3. The predicted octanol–water partition coefficient (Wildman–Crippen LogP) is 3.33. The van der Waals surface area contributed by atoms with Gasteiger partial charge in [0.1, 0.15) is 5.65 Å². The number of imidazole rings is 1. The molecule has 0 aliphatic heterocycles. The normalized spacial score (nSPS) is 11.6. The number of carbonyl (C=O) groups excluding carboxylic acids is 1. The number of rotatable bonds is 4. The lowest BCUT2D eigenvalue weighted by Gasteiger charge is -2.09. The van der Waals surface area contributed by atoms with Crippen molar-refractivity contribution in [2.45, 2.75) is 12.6 Å². The van der Waals surface area contributed by atoms with Gasteiger partial charge in [0, 0.05) is 30.9 Å². The van der Waals surface area contributed by atoms with Crippen molar-refractivity contribution in [3.8, 4) is 0 Å². The van der Waals surface area contributed by atoms with Crippen LogP contribution in [0.2, 0.25) is 0 Å². The fourth-order valence-electron chi connectivity index (χ4n) is 2.35. The molecule has 0 saturated carbocycles. The van der Waals surface area contributed by atoms with Crippen LogP contribution in [-0.4, -0.2) is 21.8 Å². The number of benzene rings is 1. The number of aromatic nitrogens is 2. The lowest BCUT2D eigenvalue weighted by molar-refractivity contribution is -0.137. The molecule has 0 atom stereocenters. The number of nitrogens with zero attached hydrogens (tertiary/aromatic N) is 2. The van der Waals surface area contributed by atoms with Gasteiger partial charge in [0.25, 0.3) is 5.91 Å². The Bertz CT molecular complexity index is 838. The number of hydrogen-bond acceptors (Lipinski definition) is 2. The van der Waals surface area contributed by atoms with E-state index in [9.17, 15) is 18.0 Å². The number of carbonyl (C=O) groups is 1. The Labute approximate surface area is 135 Å². The third-order valence-electron chi connectivity index (χ3n) is 3.53. The number of hydrogen-bond donors (Lipinski definition) is 1. The molecule has 3 rings (SSSR count). The minimum Gasteiger partial charge on any atom is -0.352 e. The second-order valence-electron chi connectivity index (χ2n) is 5.28. The van der Waals surface area contributed by atoms with Crippen LogP contribution in [0.1, 0.15) is 21.6 Å². The number of nitrogens with one attached hydrogen (secondary N) is 1. The maximum atomic E-state index is 12.7. The molecule has 124 valence electrons. The fraction of sp³-hybridized carbons (Fsp3) is 0.176. The first kappa shape index (κ1) is 16.0. The Morgan fingerprint density at radius 1 is 1.17 bits per heavy atom. The van der Waals surface area contributed by atoms with Crippen LogP contribution in [0.5, 0.6) is 0 Å². The van der Waals surface area contributed by atoms with Crippen LogP contribution in [0.3, 0.4) is 0 Å². The highest BCUT2D eigenvalue weighted by Crippen LogP contribution is 2.29. The standard InChI is InChI=1S/C17H14F3N3O/c18-17(19,20)13-5-3-4-12(10-13)16(24)21-8-7-14-11-23-9-2-1-6-15(23)22-14/h1-6,9-11H,7-8H2,(H,21,24). The largest absolute Gasteiger partial charge is 0.416 e. The van der Waals surface area contributed by atoms with Gasteiger partial charge in [-0.05, 0) is 30.3 Å². The summed E-state index contributed by atoms with van der Waals surface area (Å²) in [4.78, 5) is 16.4. The molecule has 0 saturated heterocycles. The zero-order chi connectivity index (χ0) is 17.2. The van der Waals surface area contributed by atoms with E-state index in [-0.39, 0.29) is 5.56 Å². The van der Waals surface area contributed by atoms with Gasteiger partial charge in [-0.25, -0.2) is 4.98 Å². The van der Waals surface area contributed by atoms with Crippen LogP contribution in [0.15, 0.2) is 54.9 Å². The van der Waals surface area contributed by atoms with Gasteiger partial charge in [0.2, 0.25) is 0 Å². The number of fused-ring (bicyclic) bond motifs is 1. The lowest BCUT2D eigenvalue weighted by Crippen LogP contribution is -2.26. The van der Waals surface area contributed by atoms with Crippen molar-refractivity contribution in [3.05, 3.63) is 71.7 Å². The van der Waals surface area contributed by atoms with E-state index in [2.05, 4.69) is 10.3 Å². The van der Waals surface area contributed by atoms with Crippen molar-refractivity contribution in [2.24, 2.45) is 0 Å². The van der Waals surface area contributed by atoms with Crippen molar-refractivity contribution in [1.29, 1.82) is 0 Å². The van der Waals surface area contributed by atoms with Gasteiger partial charge in [0.15, 0.2) is 0 Å². The van der Waals surface area contributed by atoms with E-state index in [1.165, 1.54) is 12.1 Å². The van der Waals surface area contributed by atoms with Crippen molar-refractivity contribution in [3.63, 3.8) is 0 Å². The van der Waals surface area contributed by atoms with E-state index in [1.54, 1.807) is 0 Å². The summed E-state index contributed by atoms with van der Waals surface area (Å²) in [5.74, 6) is -0.537. The highest BCUT2D eigenvalue weighted by Gasteiger charge is 2.30. The first-order valence-electron chi connectivity index (χ1n) is 7.31. The van der Waals surface area contributed by atoms with Gasteiger partial charge in [-0.15, -0.1) is 0 Å². The molecule has 0 fully saturated rings. The highest BCUT2D eigenvalue weighted by atomic mass is 19.4. The zero-order valence-corrected chi connectivity index (χ0v) is 12.5. The summed E-state index contributed by atoms with van der Waals surface area (Å²) in [5, 5.41) is 2.61.